The van der Waals surface area contributed by atoms with Gasteiger partial charge in [-0.3, -0.25) is 9.59 Å². The summed E-state index contributed by atoms with van der Waals surface area (Å²) in [6.45, 7) is 2.31. The fourth-order valence-corrected chi connectivity index (χ4v) is 4.39. The van der Waals surface area contributed by atoms with E-state index >= 15 is 0 Å². The summed E-state index contributed by atoms with van der Waals surface area (Å²) in [5.74, 6) is 0.417. The summed E-state index contributed by atoms with van der Waals surface area (Å²) in [5, 5.41) is 11.9. The number of carbonyl (C=O) groups excluding carboxylic acids is 1. The van der Waals surface area contributed by atoms with Crippen molar-refractivity contribution in [2.24, 2.45) is 0 Å². The molecule has 0 bridgehead atoms. The highest BCUT2D eigenvalue weighted by molar-refractivity contribution is 7.18. The van der Waals surface area contributed by atoms with Gasteiger partial charge in [0.15, 0.2) is 11.5 Å². The second-order valence-electron chi connectivity index (χ2n) is 7.39. The van der Waals surface area contributed by atoms with Gasteiger partial charge in [-0.1, -0.05) is 35.5 Å². The number of aromatic nitrogens is 4. The maximum atomic E-state index is 12.4. The summed E-state index contributed by atoms with van der Waals surface area (Å²) in [5.41, 5.74) is 2.39. The van der Waals surface area contributed by atoms with Gasteiger partial charge in [-0.15, -0.1) is 11.3 Å². The van der Waals surface area contributed by atoms with Gasteiger partial charge in [-0.2, -0.15) is 5.10 Å². The minimum atomic E-state index is -0.420. The van der Waals surface area contributed by atoms with Crippen LogP contribution in [0.1, 0.15) is 16.2 Å². The lowest BCUT2D eigenvalue weighted by molar-refractivity contribution is 0.0942. The number of hydrogen-bond acceptors (Lipinski definition) is 8. The largest absolute Gasteiger partial charge is 0.461 e. The summed E-state index contributed by atoms with van der Waals surface area (Å²) in [6, 6.07) is 18.0. The van der Waals surface area contributed by atoms with E-state index in [-0.39, 0.29) is 24.3 Å². The number of thiazole rings is 1. The zero-order valence-electron chi connectivity index (χ0n) is 18.1. The number of hydrogen-bond donors (Lipinski definition) is 1. The minimum Gasteiger partial charge on any atom is -0.461 e. The van der Waals surface area contributed by atoms with E-state index in [1.807, 2.05) is 37.3 Å². The number of carbonyl (C=O) groups is 1. The summed E-state index contributed by atoms with van der Waals surface area (Å²) >= 11 is 1.52. The van der Waals surface area contributed by atoms with Gasteiger partial charge in [-0.25, -0.2) is 9.67 Å². The topological polar surface area (TPSA) is 116 Å². The molecule has 0 unspecified atom stereocenters. The normalized spacial score (nSPS) is 11.0. The molecule has 4 aromatic heterocycles. The van der Waals surface area contributed by atoms with E-state index in [2.05, 4.69) is 20.6 Å². The van der Waals surface area contributed by atoms with Crippen molar-refractivity contribution >= 4 is 17.2 Å². The number of aryl methyl sites for hydroxylation is 1. The van der Waals surface area contributed by atoms with Crippen molar-refractivity contribution < 1.29 is 13.7 Å². The van der Waals surface area contributed by atoms with E-state index in [1.165, 1.54) is 34.4 Å². The molecule has 4 heterocycles. The van der Waals surface area contributed by atoms with Crippen LogP contribution in [0.3, 0.4) is 0 Å². The van der Waals surface area contributed by atoms with Crippen LogP contribution in [0, 0.1) is 6.92 Å². The highest BCUT2D eigenvalue weighted by Crippen LogP contribution is 2.33. The molecule has 10 heteroatoms. The third-order valence-corrected chi connectivity index (χ3v) is 6.26. The Morgan fingerprint density at radius 3 is 2.74 bits per heavy atom. The average Bonchev–Trinajstić information content (AvgIpc) is 3.62. The standard InChI is InChI=1S/C24H19N5O4S/c1-15-22(34-24(26-15)16-6-3-2-4-7-16)17-9-10-21(30)29(27-17)12-11-25-23(31)18-14-20(33-28-18)19-8-5-13-32-19/h2-10,13-14H,11-12H2,1H3,(H,25,31). The van der Waals surface area contributed by atoms with E-state index in [0.29, 0.717) is 17.2 Å². The molecule has 0 aliphatic rings. The van der Waals surface area contributed by atoms with Crippen molar-refractivity contribution in [3.63, 3.8) is 0 Å². The Kier molecular flexibility index (Phi) is 5.88. The molecule has 5 rings (SSSR count). The van der Waals surface area contributed by atoms with Crippen molar-refractivity contribution in [1.82, 2.24) is 25.2 Å². The van der Waals surface area contributed by atoms with E-state index < -0.39 is 5.91 Å². The maximum absolute atomic E-state index is 12.4. The Balaban J connectivity index is 1.27. The molecule has 9 nitrogen and oxygen atoms in total. The molecule has 0 spiro atoms. The SMILES string of the molecule is Cc1nc(-c2ccccc2)sc1-c1ccc(=O)n(CCNC(=O)c2cc(-c3ccco3)on2)n1. The fraction of sp³-hybridized carbons (Fsp3) is 0.125. The van der Waals surface area contributed by atoms with Crippen molar-refractivity contribution in [3.8, 4) is 32.7 Å². The molecular formula is C24H19N5O4S. The molecule has 1 amide bonds. The van der Waals surface area contributed by atoms with Gasteiger partial charge in [0.1, 0.15) is 10.7 Å². The molecule has 0 atom stereocenters. The Labute approximate surface area is 197 Å². The first kappa shape index (κ1) is 21.5. The number of amides is 1. The number of nitrogens with one attached hydrogen (secondary N) is 1. The van der Waals surface area contributed by atoms with Gasteiger partial charge in [0, 0.05) is 24.2 Å². The average molecular weight is 474 g/mol. The van der Waals surface area contributed by atoms with Gasteiger partial charge in [0.05, 0.1) is 23.4 Å². The Morgan fingerprint density at radius 1 is 1.09 bits per heavy atom. The van der Waals surface area contributed by atoms with Crippen LogP contribution in [-0.4, -0.2) is 32.4 Å². The molecule has 0 aliphatic heterocycles. The van der Waals surface area contributed by atoms with Crippen LogP contribution < -0.4 is 10.9 Å². The van der Waals surface area contributed by atoms with Crippen LogP contribution in [0.25, 0.3) is 32.7 Å². The van der Waals surface area contributed by atoms with Gasteiger partial charge < -0.3 is 14.3 Å². The fourth-order valence-electron chi connectivity index (χ4n) is 3.35. The molecule has 0 saturated heterocycles. The molecule has 0 radical (unpaired) electrons. The Bertz CT molecular complexity index is 1490. The molecule has 34 heavy (non-hydrogen) atoms. The summed E-state index contributed by atoms with van der Waals surface area (Å²) < 4.78 is 11.7. The smallest absolute Gasteiger partial charge is 0.273 e. The van der Waals surface area contributed by atoms with Crippen molar-refractivity contribution in [2.45, 2.75) is 13.5 Å². The van der Waals surface area contributed by atoms with Gasteiger partial charge in [-0.05, 0) is 25.1 Å². The number of furan rings is 1. The minimum absolute atomic E-state index is 0.120. The van der Waals surface area contributed by atoms with E-state index in [0.717, 1.165) is 21.1 Å². The summed E-state index contributed by atoms with van der Waals surface area (Å²) in [6.07, 6.45) is 1.51. The predicted molar refractivity (Wildman–Crippen MR) is 126 cm³/mol. The molecule has 1 N–H and O–H groups in total. The first-order valence-corrected chi connectivity index (χ1v) is 11.3. The number of nitrogens with zero attached hydrogens (tertiary/aromatic N) is 4. The molecule has 170 valence electrons. The lowest BCUT2D eigenvalue weighted by Gasteiger charge is -2.07. The number of benzene rings is 1. The van der Waals surface area contributed by atoms with Crippen molar-refractivity contribution in [1.29, 1.82) is 0 Å². The van der Waals surface area contributed by atoms with Crippen LogP contribution in [0.5, 0.6) is 0 Å². The maximum Gasteiger partial charge on any atom is 0.273 e. The van der Waals surface area contributed by atoms with E-state index in [1.54, 1.807) is 18.2 Å². The van der Waals surface area contributed by atoms with Crippen molar-refractivity contribution in [2.75, 3.05) is 6.54 Å². The summed E-state index contributed by atoms with van der Waals surface area (Å²) in [7, 11) is 0. The zero-order valence-corrected chi connectivity index (χ0v) is 18.9. The highest BCUT2D eigenvalue weighted by Gasteiger charge is 2.16. The Morgan fingerprint density at radius 2 is 1.94 bits per heavy atom. The third kappa shape index (κ3) is 4.44. The first-order valence-electron chi connectivity index (χ1n) is 10.5. The third-order valence-electron chi connectivity index (χ3n) is 5.03. The highest BCUT2D eigenvalue weighted by atomic mass is 32.1. The second-order valence-corrected chi connectivity index (χ2v) is 8.39. The molecule has 5 aromatic rings. The van der Waals surface area contributed by atoms with Crippen LogP contribution >= 0.6 is 11.3 Å². The van der Waals surface area contributed by atoms with Crippen molar-refractivity contribution in [3.05, 3.63) is 88.7 Å². The molecule has 0 aliphatic carbocycles. The van der Waals surface area contributed by atoms with Gasteiger partial charge in [0.25, 0.3) is 11.5 Å². The summed E-state index contributed by atoms with van der Waals surface area (Å²) in [4.78, 5) is 30.3. The van der Waals surface area contributed by atoms with E-state index in [4.69, 9.17) is 8.94 Å². The first-order chi connectivity index (χ1) is 16.6. The lowest BCUT2D eigenvalue weighted by Crippen LogP contribution is -2.32. The zero-order chi connectivity index (χ0) is 23.5. The lowest BCUT2D eigenvalue weighted by atomic mass is 10.2. The monoisotopic (exact) mass is 473 g/mol. The van der Waals surface area contributed by atoms with Crippen LogP contribution in [0.4, 0.5) is 0 Å². The number of rotatable bonds is 7. The predicted octanol–water partition coefficient (Wildman–Crippen LogP) is 4.02. The molecule has 0 fully saturated rings. The quantitative estimate of drug-likeness (QED) is 0.379. The van der Waals surface area contributed by atoms with E-state index in [9.17, 15) is 9.59 Å². The second kappa shape index (κ2) is 9.28. The van der Waals surface area contributed by atoms with Gasteiger partial charge >= 0.3 is 0 Å². The Hall–Kier alpha value is -4.31. The van der Waals surface area contributed by atoms with Crippen LogP contribution in [0.15, 0.2) is 80.7 Å². The molecular weight excluding hydrogens is 454 g/mol. The molecule has 1 aromatic carbocycles. The van der Waals surface area contributed by atoms with Crippen LogP contribution in [0.2, 0.25) is 0 Å². The van der Waals surface area contributed by atoms with Crippen LogP contribution in [-0.2, 0) is 6.54 Å². The van der Waals surface area contributed by atoms with Gasteiger partial charge in [0.2, 0.25) is 5.76 Å². The molecule has 0 saturated carbocycles.